The van der Waals surface area contributed by atoms with Crippen molar-refractivity contribution in [3.8, 4) is 22.8 Å². The molecule has 0 atom stereocenters. The first-order valence-corrected chi connectivity index (χ1v) is 12.4. The number of hydrogen-bond acceptors (Lipinski definition) is 6. The van der Waals surface area contributed by atoms with Crippen LogP contribution in [-0.2, 0) is 4.79 Å². The average molecular weight is 486 g/mol. The van der Waals surface area contributed by atoms with Crippen LogP contribution in [0.5, 0.6) is 5.75 Å². The molecular formula is C27H27N5O2S. The topological polar surface area (TPSA) is 81.4 Å². The maximum Gasteiger partial charge on any atom is 0.250 e. The molecule has 0 fully saturated rings. The van der Waals surface area contributed by atoms with Gasteiger partial charge in [0.05, 0.1) is 18.6 Å². The number of benzene rings is 3. The van der Waals surface area contributed by atoms with Gasteiger partial charge in [-0.3, -0.25) is 9.36 Å². The van der Waals surface area contributed by atoms with Crippen molar-refractivity contribution in [3.05, 3.63) is 90.0 Å². The summed E-state index contributed by atoms with van der Waals surface area (Å²) >= 11 is 1.31. The molecule has 0 saturated heterocycles. The lowest BCUT2D eigenvalue weighted by molar-refractivity contribution is -0.118. The van der Waals surface area contributed by atoms with Crippen molar-refractivity contribution in [1.29, 1.82) is 0 Å². The molecule has 3 aromatic carbocycles. The quantitative estimate of drug-likeness (QED) is 0.188. The van der Waals surface area contributed by atoms with Crippen LogP contribution in [0.2, 0.25) is 0 Å². The molecule has 7 nitrogen and oxygen atoms in total. The fraction of sp³-hybridized carbons (Fsp3) is 0.185. The van der Waals surface area contributed by atoms with Crippen molar-refractivity contribution in [3.63, 3.8) is 0 Å². The molecule has 1 aromatic heterocycles. The van der Waals surface area contributed by atoms with Gasteiger partial charge in [-0.1, -0.05) is 66.7 Å². The maximum absolute atomic E-state index is 12.4. The molecule has 178 valence electrons. The number of carbonyl (C=O) groups is 1. The summed E-state index contributed by atoms with van der Waals surface area (Å²) in [6.45, 7) is 4.80. The second-order valence-corrected chi connectivity index (χ2v) is 8.79. The Morgan fingerprint density at radius 2 is 1.77 bits per heavy atom. The molecule has 8 heteroatoms. The SMILES string of the molecule is CCCOc1ccc(/C=N\NC(=O)CSc2nnc(-c3ccc(C)cc3)n2-c2ccccc2)cc1. The molecule has 0 unspecified atom stereocenters. The Balaban J connectivity index is 1.41. The van der Waals surface area contributed by atoms with Gasteiger partial charge >= 0.3 is 0 Å². The van der Waals surface area contributed by atoms with E-state index in [0.717, 1.165) is 34.8 Å². The average Bonchev–Trinajstić information content (AvgIpc) is 3.32. The van der Waals surface area contributed by atoms with E-state index < -0.39 is 0 Å². The zero-order chi connectivity index (χ0) is 24.5. The molecule has 4 rings (SSSR count). The Morgan fingerprint density at radius 1 is 1.03 bits per heavy atom. The molecule has 0 aliphatic heterocycles. The van der Waals surface area contributed by atoms with E-state index in [1.54, 1.807) is 6.21 Å². The van der Waals surface area contributed by atoms with Crippen LogP contribution in [0.25, 0.3) is 17.1 Å². The van der Waals surface area contributed by atoms with Gasteiger partial charge < -0.3 is 4.74 Å². The van der Waals surface area contributed by atoms with Crippen molar-refractivity contribution in [2.75, 3.05) is 12.4 Å². The summed E-state index contributed by atoms with van der Waals surface area (Å²) < 4.78 is 7.54. The molecular weight excluding hydrogens is 458 g/mol. The zero-order valence-corrected chi connectivity index (χ0v) is 20.5. The summed E-state index contributed by atoms with van der Waals surface area (Å²) in [6.07, 6.45) is 2.57. The minimum atomic E-state index is -0.228. The number of nitrogens with one attached hydrogen (secondary N) is 1. The Bertz CT molecular complexity index is 1270. The third-order valence-electron chi connectivity index (χ3n) is 5.05. The van der Waals surface area contributed by atoms with Gasteiger partial charge in [-0.2, -0.15) is 5.10 Å². The second-order valence-electron chi connectivity index (χ2n) is 7.84. The lowest BCUT2D eigenvalue weighted by atomic mass is 10.1. The third-order valence-corrected chi connectivity index (χ3v) is 5.97. The lowest BCUT2D eigenvalue weighted by Crippen LogP contribution is -2.20. The zero-order valence-electron chi connectivity index (χ0n) is 19.7. The van der Waals surface area contributed by atoms with E-state index in [1.807, 2.05) is 90.4 Å². The molecule has 1 amide bonds. The van der Waals surface area contributed by atoms with Gasteiger partial charge in [-0.25, -0.2) is 5.43 Å². The van der Waals surface area contributed by atoms with Crippen LogP contribution in [0.4, 0.5) is 0 Å². The van der Waals surface area contributed by atoms with Crippen molar-refractivity contribution in [2.45, 2.75) is 25.4 Å². The van der Waals surface area contributed by atoms with Gasteiger partial charge in [0.1, 0.15) is 5.75 Å². The Morgan fingerprint density at radius 3 is 2.49 bits per heavy atom. The van der Waals surface area contributed by atoms with E-state index in [1.165, 1.54) is 17.3 Å². The van der Waals surface area contributed by atoms with Crippen LogP contribution in [0.15, 0.2) is 89.1 Å². The number of carbonyl (C=O) groups excluding carboxylic acids is 1. The van der Waals surface area contributed by atoms with Gasteiger partial charge in [-0.15, -0.1) is 10.2 Å². The normalized spacial score (nSPS) is 11.0. The Labute approximate surface area is 209 Å². The predicted molar refractivity (Wildman–Crippen MR) is 140 cm³/mol. The smallest absolute Gasteiger partial charge is 0.250 e. The Kier molecular flexibility index (Phi) is 8.30. The first-order valence-electron chi connectivity index (χ1n) is 11.4. The van der Waals surface area contributed by atoms with E-state index in [4.69, 9.17) is 4.74 Å². The monoisotopic (exact) mass is 485 g/mol. The number of hydrazone groups is 1. The minimum Gasteiger partial charge on any atom is -0.494 e. The summed E-state index contributed by atoms with van der Waals surface area (Å²) in [5, 5.41) is 13.5. The van der Waals surface area contributed by atoms with Crippen LogP contribution in [-0.4, -0.2) is 39.2 Å². The number of para-hydroxylation sites is 1. The van der Waals surface area contributed by atoms with Crippen LogP contribution in [0.1, 0.15) is 24.5 Å². The van der Waals surface area contributed by atoms with Gasteiger partial charge in [0.25, 0.3) is 5.91 Å². The van der Waals surface area contributed by atoms with Crippen LogP contribution in [0.3, 0.4) is 0 Å². The van der Waals surface area contributed by atoms with Crippen LogP contribution < -0.4 is 10.2 Å². The first kappa shape index (κ1) is 24.2. The van der Waals surface area contributed by atoms with E-state index in [0.29, 0.717) is 11.8 Å². The standard InChI is InChI=1S/C27H27N5O2S/c1-3-17-34-24-15-11-21(12-16-24)18-28-29-25(33)19-35-27-31-30-26(22-13-9-20(2)10-14-22)32(27)23-7-5-4-6-8-23/h4-16,18H,3,17,19H2,1-2H3,(H,29,33)/b28-18-. The number of ether oxygens (including phenoxy) is 1. The number of hydrogen-bond donors (Lipinski definition) is 1. The summed E-state index contributed by atoms with van der Waals surface area (Å²) in [4.78, 5) is 12.4. The molecule has 35 heavy (non-hydrogen) atoms. The summed E-state index contributed by atoms with van der Waals surface area (Å²) in [7, 11) is 0. The summed E-state index contributed by atoms with van der Waals surface area (Å²) in [6, 6.07) is 25.6. The van der Waals surface area contributed by atoms with E-state index >= 15 is 0 Å². The molecule has 1 heterocycles. The number of nitrogens with zero attached hydrogens (tertiary/aromatic N) is 4. The number of rotatable bonds is 10. The second kappa shape index (κ2) is 12.0. The van der Waals surface area contributed by atoms with Crippen LogP contribution in [0, 0.1) is 6.92 Å². The van der Waals surface area contributed by atoms with Crippen molar-refractivity contribution in [2.24, 2.45) is 5.10 Å². The summed E-state index contributed by atoms with van der Waals surface area (Å²) in [5.74, 6) is 1.47. The molecule has 0 spiro atoms. The number of aromatic nitrogens is 3. The highest BCUT2D eigenvalue weighted by Crippen LogP contribution is 2.28. The highest BCUT2D eigenvalue weighted by Gasteiger charge is 2.17. The summed E-state index contributed by atoms with van der Waals surface area (Å²) in [5.41, 5.74) is 6.51. The van der Waals surface area contributed by atoms with Crippen molar-refractivity contribution >= 4 is 23.9 Å². The van der Waals surface area contributed by atoms with E-state index in [2.05, 4.69) is 27.6 Å². The molecule has 0 radical (unpaired) electrons. The van der Waals surface area contributed by atoms with Gasteiger partial charge in [0.2, 0.25) is 0 Å². The molecule has 0 saturated carbocycles. The molecule has 0 aliphatic carbocycles. The maximum atomic E-state index is 12.4. The fourth-order valence-corrected chi connectivity index (χ4v) is 4.02. The minimum absolute atomic E-state index is 0.153. The first-order chi connectivity index (χ1) is 17.1. The van der Waals surface area contributed by atoms with Crippen molar-refractivity contribution < 1.29 is 9.53 Å². The molecule has 0 aliphatic rings. The fourth-order valence-electron chi connectivity index (χ4n) is 3.27. The largest absolute Gasteiger partial charge is 0.494 e. The lowest BCUT2D eigenvalue weighted by Gasteiger charge is -2.10. The highest BCUT2D eigenvalue weighted by molar-refractivity contribution is 7.99. The number of amides is 1. The third kappa shape index (κ3) is 6.58. The van der Waals surface area contributed by atoms with Gasteiger partial charge in [-0.05, 0) is 55.3 Å². The molecule has 1 N–H and O–H groups in total. The predicted octanol–water partition coefficient (Wildman–Crippen LogP) is 5.27. The molecule has 0 bridgehead atoms. The number of aryl methyl sites for hydroxylation is 1. The van der Waals surface area contributed by atoms with E-state index in [9.17, 15) is 4.79 Å². The highest BCUT2D eigenvalue weighted by atomic mass is 32.2. The van der Waals surface area contributed by atoms with Gasteiger partial charge in [0.15, 0.2) is 11.0 Å². The van der Waals surface area contributed by atoms with Gasteiger partial charge in [0, 0.05) is 11.3 Å². The Hall–Kier alpha value is -3.91. The van der Waals surface area contributed by atoms with Crippen LogP contribution >= 0.6 is 11.8 Å². The molecule has 4 aromatic rings. The van der Waals surface area contributed by atoms with Crippen molar-refractivity contribution in [1.82, 2.24) is 20.2 Å². The van der Waals surface area contributed by atoms with E-state index in [-0.39, 0.29) is 11.7 Å². The number of thioether (sulfide) groups is 1.